The van der Waals surface area contributed by atoms with Crippen LogP contribution in [0.3, 0.4) is 0 Å². The van der Waals surface area contributed by atoms with Crippen LogP contribution < -0.4 is 10.6 Å². The van der Waals surface area contributed by atoms with Gasteiger partial charge in [0.15, 0.2) is 0 Å². The maximum atomic E-state index is 16.5. The van der Waals surface area contributed by atoms with E-state index in [0.717, 1.165) is 43.2 Å². The van der Waals surface area contributed by atoms with Gasteiger partial charge in [-0.25, -0.2) is 19.6 Å². The van der Waals surface area contributed by atoms with Gasteiger partial charge in [-0.05, 0) is 103 Å². The number of benzene rings is 3. The number of carbonyl (C=O) groups is 4. The number of rotatable bonds is 12. The molecule has 2 bridgehead atoms. The number of fused-ring (bicyclic) bond motifs is 6. The number of methoxy groups -OCH3 is 2. The number of nitrogens with zero attached hydrogens (tertiary/aromatic N) is 4. The first-order valence-corrected chi connectivity index (χ1v) is 25.4. The lowest BCUT2D eigenvalue weighted by molar-refractivity contribution is -0.141. The van der Waals surface area contributed by atoms with Gasteiger partial charge in [0.05, 0.1) is 43.7 Å². The minimum Gasteiger partial charge on any atom is -0.453 e. The molecular weight excluding hydrogens is 943 g/mol. The van der Waals surface area contributed by atoms with Crippen molar-refractivity contribution in [3.05, 3.63) is 109 Å². The van der Waals surface area contributed by atoms with Gasteiger partial charge in [-0.2, -0.15) is 8.78 Å². The number of hydrogen-bond acceptors (Lipinski definition) is 8. The number of carbonyl (C=O) groups excluding carboxylic acids is 4. The van der Waals surface area contributed by atoms with Gasteiger partial charge in [0.1, 0.15) is 30.3 Å². The van der Waals surface area contributed by atoms with E-state index >= 15 is 8.78 Å². The number of amides is 4. The third kappa shape index (κ3) is 12.9. The highest BCUT2D eigenvalue weighted by molar-refractivity contribution is 5.88. The molecule has 4 aliphatic rings. The number of piperidine rings is 1. The second-order valence-electron chi connectivity index (χ2n) is 18.9. The number of aromatic amines is 2. The predicted octanol–water partition coefficient (Wildman–Crippen LogP) is 12.5. The first kappa shape index (κ1) is 59.3. The molecule has 3 unspecified atom stereocenters. The smallest absolute Gasteiger partial charge is 0.407 e. The number of hydrogen-bond donors (Lipinski definition) is 4. The maximum Gasteiger partial charge on any atom is 0.407 e. The van der Waals surface area contributed by atoms with Crippen LogP contribution in [-0.4, -0.2) is 93.6 Å². The lowest BCUT2D eigenvalue weighted by Gasteiger charge is -2.45. The molecular formula is C58H78F2N8O6. The number of H-pyrrole nitrogens is 2. The van der Waals surface area contributed by atoms with Gasteiger partial charge in [0.25, 0.3) is 5.92 Å². The van der Waals surface area contributed by atoms with Crippen molar-refractivity contribution in [3.63, 3.8) is 0 Å². The number of imidazole rings is 2. The Hall–Kier alpha value is -7.28. The van der Waals surface area contributed by atoms with Crippen LogP contribution in [0, 0.1) is 24.2 Å². The van der Waals surface area contributed by atoms with E-state index in [1.54, 1.807) is 41.4 Å². The largest absolute Gasteiger partial charge is 0.453 e. The molecule has 4 amide bonds. The van der Waals surface area contributed by atoms with Crippen molar-refractivity contribution in [3.8, 4) is 46.4 Å². The van der Waals surface area contributed by atoms with E-state index in [1.807, 2.05) is 36.1 Å². The summed E-state index contributed by atoms with van der Waals surface area (Å²) in [6.45, 7) is 24.2. The number of ether oxygens (including phenoxy) is 2. The van der Waals surface area contributed by atoms with Crippen molar-refractivity contribution in [2.75, 3.05) is 33.9 Å². The fourth-order valence-corrected chi connectivity index (χ4v) is 9.94. The van der Waals surface area contributed by atoms with Gasteiger partial charge in [-0.15, -0.1) is 32.6 Å². The van der Waals surface area contributed by atoms with Crippen LogP contribution >= 0.6 is 0 Å². The molecule has 400 valence electrons. The Balaban J connectivity index is 0.000000970. The van der Waals surface area contributed by atoms with Gasteiger partial charge in [-0.1, -0.05) is 90.8 Å². The highest BCUT2D eigenvalue weighted by Crippen LogP contribution is 2.56. The van der Waals surface area contributed by atoms with E-state index in [4.69, 9.17) is 4.98 Å². The molecule has 5 aromatic rings. The third-order valence-corrected chi connectivity index (χ3v) is 13.4. The van der Waals surface area contributed by atoms with E-state index in [-0.39, 0.29) is 61.4 Å². The molecule has 74 heavy (non-hydrogen) atoms. The Morgan fingerprint density at radius 2 is 1.41 bits per heavy atom. The van der Waals surface area contributed by atoms with Gasteiger partial charge in [0, 0.05) is 30.7 Å². The second-order valence-corrected chi connectivity index (χ2v) is 18.9. The maximum absolute atomic E-state index is 16.5. The van der Waals surface area contributed by atoms with E-state index < -0.39 is 23.6 Å². The normalized spacial score (nSPS) is 18.2. The average Bonchev–Trinajstić information content (AvgIpc) is 3.98. The molecule has 16 heteroatoms. The quantitative estimate of drug-likeness (QED) is 0.0705. The zero-order chi connectivity index (χ0) is 55.0. The summed E-state index contributed by atoms with van der Waals surface area (Å²) in [7, 11) is 2.49. The standard InChI is InChI=1S/C45H48F2N8O6.2C3H8.C3H6.C2H4.C2H2.H2/c1-5-44(28-9-10-29(19-28)55(44)39(57)22-50-42(59)61-4)40-52-34-13-8-26(18-35(34)53-40)25-6-11-30-31-12-7-27(17-33(31)45(46,47)32(30)16-25)36-20-48-37(51-36)23-54(24-43(2)14-15-43)38(56)21-49-41(58)60-3;3*1-3-2;2*1-2;/h6-8,11-13,16-18,20,28-29H,5,9-10,14-15,19,21-24H2,1-4H3,(H,48,51)(H,49,58)(H,50,59)(H,52,53);2*3H2,1-2H3;3H,1H2,2H3;1-2H2;1-2H;1H. The summed E-state index contributed by atoms with van der Waals surface area (Å²) in [5, 5.41) is 4.98. The molecule has 0 radical (unpaired) electrons. The number of alkyl halides is 2. The Labute approximate surface area is 437 Å². The molecule has 2 aromatic heterocycles. The third-order valence-electron chi connectivity index (χ3n) is 13.4. The van der Waals surface area contributed by atoms with Gasteiger partial charge < -0.3 is 39.9 Å². The number of nitrogens with one attached hydrogen (secondary N) is 4. The van der Waals surface area contributed by atoms with E-state index in [2.05, 4.69) is 109 Å². The zero-order valence-corrected chi connectivity index (χ0v) is 44.8. The SMILES string of the molecule is C#C.C=C.C=CC.CCC.CCC.CCC1(c2nc3ccc(-c4ccc5c(c4)C(F)(F)c4cc(-c6cnc(CN(CC7(C)CC7)C(=O)CNC(=O)OC)[nH]6)ccc4-5)cc3[nH]2)C2CCC(C2)N1C(=O)CNC(=O)OC.[HH]. The molecule has 0 spiro atoms. The van der Waals surface area contributed by atoms with Crippen LogP contribution in [0.4, 0.5) is 18.4 Å². The van der Waals surface area contributed by atoms with Crippen LogP contribution in [0.2, 0.25) is 0 Å². The van der Waals surface area contributed by atoms with Crippen LogP contribution in [0.1, 0.15) is 124 Å². The summed E-state index contributed by atoms with van der Waals surface area (Å²) in [5.41, 5.74) is 3.91. The monoisotopic (exact) mass is 1020 g/mol. The van der Waals surface area contributed by atoms with Crippen molar-refractivity contribution >= 4 is 35.0 Å². The Morgan fingerprint density at radius 3 is 1.97 bits per heavy atom. The van der Waals surface area contributed by atoms with E-state index in [0.29, 0.717) is 58.1 Å². The predicted molar refractivity (Wildman–Crippen MR) is 292 cm³/mol. The summed E-state index contributed by atoms with van der Waals surface area (Å²) in [5.74, 6) is -2.38. The van der Waals surface area contributed by atoms with Crippen molar-refractivity contribution in [2.24, 2.45) is 11.3 Å². The number of likely N-dealkylation sites (tertiary alicyclic amines) is 1. The molecule has 2 saturated carbocycles. The Bertz CT molecular complexity index is 2750. The minimum absolute atomic E-state index is 0. The molecule has 3 heterocycles. The fourth-order valence-electron chi connectivity index (χ4n) is 9.94. The summed E-state index contributed by atoms with van der Waals surface area (Å²) in [6, 6.07) is 15.9. The molecule has 3 aliphatic carbocycles. The lowest BCUT2D eigenvalue weighted by Crippen LogP contribution is -2.56. The molecule has 3 aromatic carbocycles. The molecule has 3 fully saturated rings. The molecule has 4 N–H and O–H groups in total. The molecule has 1 aliphatic heterocycles. The van der Waals surface area contributed by atoms with Crippen LogP contribution in [-0.2, 0) is 37.1 Å². The van der Waals surface area contributed by atoms with Crippen LogP contribution in [0.15, 0.2) is 86.6 Å². The summed E-state index contributed by atoms with van der Waals surface area (Å²) in [4.78, 5) is 70.0. The van der Waals surface area contributed by atoms with Gasteiger partial charge in [0.2, 0.25) is 11.8 Å². The molecule has 1 saturated heterocycles. The fraction of sp³-hybridized carbons (Fsp3) is 0.448. The van der Waals surface area contributed by atoms with Crippen molar-refractivity contribution < 1.29 is 38.9 Å². The van der Waals surface area contributed by atoms with Gasteiger partial charge >= 0.3 is 12.2 Å². The number of terminal acetylenes is 1. The zero-order valence-electron chi connectivity index (χ0n) is 44.8. The van der Waals surface area contributed by atoms with Gasteiger partial charge in [-0.3, -0.25) is 9.59 Å². The number of halogens is 2. The van der Waals surface area contributed by atoms with Crippen LogP contribution in [0.25, 0.3) is 44.5 Å². The number of alkyl carbamates (subject to hydrolysis) is 2. The van der Waals surface area contributed by atoms with E-state index in [1.165, 1.54) is 33.1 Å². The molecule has 14 nitrogen and oxygen atoms in total. The van der Waals surface area contributed by atoms with E-state index in [9.17, 15) is 19.2 Å². The van der Waals surface area contributed by atoms with Crippen LogP contribution in [0.5, 0.6) is 0 Å². The summed E-state index contributed by atoms with van der Waals surface area (Å²) < 4.78 is 42.3. The molecule has 9 rings (SSSR count). The average molecular weight is 1020 g/mol. The van der Waals surface area contributed by atoms with Crippen molar-refractivity contribution in [1.82, 2.24) is 40.4 Å². The highest BCUT2D eigenvalue weighted by atomic mass is 19.3. The number of allylic oxidation sites excluding steroid dienone is 1. The molecule has 3 atom stereocenters. The Kier molecular flexibility index (Phi) is 21.3. The second kappa shape index (κ2) is 26.6. The minimum atomic E-state index is -3.28. The van der Waals surface area contributed by atoms with Crippen molar-refractivity contribution in [1.29, 1.82) is 0 Å². The summed E-state index contributed by atoms with van der Waals surface area (Å²) >= 11 is 0. The highest BCUT2D eigenvalue weighted by Gasteiger charge is 2.60. The topological polar surface area (TPSA) is 175 Å². The summed E-state index contributed by atoms with van der Waals surface area (Å²) in [6.07, 6.45) is 17.8. The first-order chi connectivity index (χ1) is 35.5. The van der Waals surface area contributed by atoms with Crippen molar-refractivity contribution in [2.45, 2.75) is 124 Å². The number of aromatic nitrogens is 4. The lowest BCUT2D eigenvalue weighted by atomic mass is 9.79. The Morgan fingerprint density at radius 1 is 0.865 bits per heavy atom. The first-order valence-electron chi connectivity index (χ1n) is 25.4.